The van der Waals surface area contributed by atoms with E-state index in [0.717, 1.165) is 19.4 Å². The van der Waals surface area contributed by atoms with E-state index in [2.05, 4.69) is 30.2 Å². The second-order valence-electron chi connectivity index (χ2n) is 10.3. The molecule has 3 N–H and O–H groups in total. The molecule has 2 aromatic heterocycles. The predicted molar refractivity (Wildman–Crippen MR) is 145 cm³/mol. The number of morpholine rings is 1. The van der Waals surface area contributed by atoms with Crippen LogP contribution >= 0.6 is 0 Å². The molecule has 5 rings (SSSR count). The number of amides is 2. The number of halogens is 2. The minimum atomic E-state index is -2.91. The number of anilines is 3. The molecule has 16 heteroatoms. The lowest BCUT2D eigenvalue weighted by Gasteiger charge is -2.36. The van der Waals surface area contributed by atoms with Crippen LogP contribution in [-0.4, -0.2) is 126 Å². The Bertz CT molecular complexity index is 1230. The van der Waals surface area contributed by atoms with Crippen molar-refractivity contribution in [2.45, 2.75) is 19.3 Å². The maximum Gasteiger partial charge on any atom is 0.281 e. The topological polar surface area (TPSA) is 159 Å². The van der Waals surface area contributed by atoms with Gasteiger partial charge in [0.1, 0.15) is 5.69 Å². The van der Waals surface area contributed by atoms with Crippen molar-refractivity contribution in [1.29, 1.82) is 0 Å². The van der Waals surface area contributed by atoms with E-state index in [-0.39, 0.29) is 41.6 Å². The molecule has 3 aliphatic rings. The summed E-state index contributed by atoms with van der Waals surface area (Å²) in [5, 5.41) is 3.23. The Morgan fingerprint density at radius 3 is 2.39 bits per heavy atom. The summed E-state index contributed by atoms with van der Waals surface area (Å²) in [6.07, 6.45) is 0.0616. The summed E-state index contributed by atoms with van der Waals surface area (Å²) in [6.45, 7) is 5.23. The highest BCUT2D eigenvalue weighted by Crippen LogP contribution is 2.30. The normalized spacial score (nSPS) is 19.9. The van der Waals surface area contributed by atoms with Gasteiger partial charge in [0, 0.05) is 59.1 Å². The van der Waals surface area contributed by atoms with Crippen LogP contribution in [0.3, 0.4) is 0 Å². The van der Waals surface area contributed by atoms with Crippen molar-refractivity contribution in [1.82, 2.24) is 40.0 Å². The number of piperazine rings is 1. The molecule has 1 atom stereocenters. The Hall–Kier alpha value is -3.79. The summed E-state index contributed by atoms with van der Waals surface area (Å²) in [5.41, 5.74) is 4.98. The van der Waals surface area contributed by atoms with Gasteiger partial charge in [-0.25, -0.2) is 18.7 Å². The zero-order chi connectivity index (χ0) is 28.9. The number of nitrogen functional groups attached to an aromatic ring is 1. The van der Waals surface area contributed by atoms with Gasteiger partial charge in [0.25, 0.3) is 6.43 Å². The maximum atomic E-state index is 13.8. The third-order valence-corrected chi connectivity index (χ3v) is 7.50. The summed E-state index contributed by atoms with van der Waals surface area (Å²) in [4.78, 5) is 54.1. The molecular weight excluding hydrogens is 540 g/mol. The minimum Gasteiger partial charge on any atom is -0.378 e. The van der Waals surface area contributed by atoms with E-state index in [4.69, 9.17) is 10.5 Å². The molecular formula is C25H35F2N11O3. The molecule has 0 aromatic carbocycles. The number of hydrogen-bond acceptors (Lipinski definition) is 12. The van der Waals surface area contributed by atoms with E-state index in [9.17, 15) is 18.4 Å². The molecule has 41 heavy (non-hydrogen) atoms. The van der Waals surface area contributed by atoms with Gasteiger partial charge in [0.2, 0.25) is 29.7 Å². The monoisotopic (exact) mass is 575 g/mol. The van der Waals surface area contributed by atoms with Crippen LogP contribution in [0, 0.1) is 5.92 Å². The number of piperidine rings is 1. The molecule has 0 unspecified atom stereocenters. The second-order valence-corrected chi connectivity index (χ2v) is 10.3. The largest absolute Gasteiger partial charge is 0.378 e. The zero-order valence-corrected chi connectivity index (χ0v) is 23.0. The molecule has 3 aliphatic heterocycles. The number of nitrogens with two attached hydrogens (primary N) is 1. The number of aromatic nitrogens is 5. The van der Waals surface area contributed by atoms with Crippen LogP contribution in [0.4, 0.5) is 26.6 Å². The van der Waals surface area contributed by atoms with Crippen LogP contribution in [0.15, 0.2) is 6.20 Å². The Morgan fingerprint density at radius 1 is 1.07 bits per heavy atom. The van der Waals surface area contributed by atoms with E-state index < -0.39 is 12.1 Å². The van der Waals surface area contributed by atoms with Crippen LogP contribution in [0.5, 0.6) is 0 Å². The van der Waals surface area contributed by atoms with Gasteiger partial charge in [-0.1, -0.05) is 0 Å². The number of ether oxygens (including phenoxy) is 1. The van der Waals surface area contributed by atoms with Crippen molar-refractivity contribution in [2.75, 3.05) is 94.7 Å². The molecule has 2 amide bonds. The van der Waals surface area contributed by atoms with Crippen LogP contribution in [0.1, 0.15) is 25.0 Å². The molecule has 0 spiro atoms. The number of hydrogen-bond donors (Lipinski definition) is 2. The molecule has 0 saturated carbocycles. The highest BCUT2D eigenvalue weighted by molar-refractivity contribution is 5.86. The number of nitrogens with one attached hydrogen (secondary N) is 1. The number of rotatable bonds is 7. The molecule has 14 nitrogen and oxygen atoms in total. The van der Waals surface area contributed by atoms with Crippen LogP contribution in [0.25, 0.3) is 11.4 Å². The molecule has 3 saturated heterocycles. The second kappa shape index (κ2) is 12.8. The van der Waals surface area contributed by atoms with Gasteiger partial charge >= 0.3 is 0 Å². The highest BCUT2D eigenvalue weighted by Gasteiger charge is 2.29. The highest BCUT2D eigenvalue weighted by atomic mass is 19.3. The molecule has 0 radical (unpaired) electrons. The Morgan fingerprint density at radius 2 is 1.76 bits per heavy atom. The third kappa shape index (κ3) is 6.75. The van der Waals surface area contributed by atoms with Crippen LogP contribution < -0.4 is 20.9 Å². The van der Waals surface area contributed by atoms with Crippen molar-refractivity contribution in [3.8, 4) is 11.4 Å². The zero-order valence-electron chi connectivity index (χ0n) is 23.0. The predicted octanol–water partition coefficient (Wildman–Crippen LogP) is -0.208. The third-order valence-electron chi connectivity index (χ3n) is 7.50. The van der Waals surface area contributed by atoms with Crippen molar-refractivity contribution < 1.29 is 23.1 Å². The Balaban J connectivity index is 1.31. The van der Waals surface area contributed by atoms with Gasteiger partial charge in [-0.15, -0.1) is 0 Å². The number of carbonyl (C=O) groups excluding carboxylic acids is 2. The van der Waals surface area contributed by atoms with Crippen molar-refractivity contribution in [2.24, 2.45) is 5.92 Å². The average Bonchev–Trinajstić information content (AvgIpc) is 3.01. The van der Waals surface area contributed by atoms with E-state index in [1.165, 1.54) is 11.1 Å². The fourth-order valence-corrected chi connectivity index (χ4v) is 5.18. The van der Waals surface area contributed by atoms with Crippen molar-refractivity contribution >= 4 is 29.7 Å². The van der Waals surface area contributed by atoms with Gasteiger partial charge in [-0.05, 0) is 19.4 Å². The first-order valence-electron chi connectivity index (χ1n) is 13.8. The Kier molecular flexibility index (Phi) is 8.97. The van der Waals surface area contributed by atoms with E-state index in [1.807, 2.05) is 9.80 Å². The SMILES string of the molecule is CN(CC(=O)N1CCN(c2nc(-c3cnc(N)nc3C(F)F)nc(N3CCOCC3)n2)CC1)C(=O)[C@@H]1CCCNC1. The first-order chi connectivity index (χ1) is 19.8. The molecule has 222 valence electrons. The molecule has 2 aromatic rings. The van der Waals surface area contributed by atoms with Gasteiger partial charge in [-0.2, -0.15) is 15.0 Å². The fourth-order valence-electron chi connectivity index (χ4n) is 5.18. The maximum absolute atomic E-state index is 13.8. The summed E-state index contributed by atoms with van der Waals surface area (Å²) >= 11 is 0. The summed E-state index contributed by atoms with van der Waals surface area (Å²) in [6, 6.07) is 0. The van der Waals surface area contributed by atoms with E-state index in [0.29, 0.717) is 70.9 Å². The molecule has 0 aliphatic carbocycles. The van der Waals surface area contributed by atoms with Crippen molar-refractivity contribution in [3.05, 3.63) is 11.9 Å². The van der Waals surface area contributed by atoms with Crippen LogP contribution in [0.2, 0.25) is 0 Å². The quantitative estimate of drug-likeness (QED) is 0.448. The lowest BCUT2D eigenvalue weighted by Crippen LogP contribution is -2.52. The van der Waals surface area contributed by atoms with Crippen molar-refractivity contribution in [3.63, 3.8) is 0 Å². The minimum absolute atomic E-state index is 0.0139. The average molecular weight is 576 g/mol. The molecule has 5 heterocycles. The van der Waals surface area contributed by atoms with Gasteiger partial charge in [0.15, 0.2) is 5.82 Å². The number of carbonyl (C=O) groups is 2. The molecule has 0 bridgehead atoms. The fraction of sp³-hybridized carbons (Fsp3) is 0.640. The Labute approximate surface area is 236 Å². The number of nitrogens with zero attached hydrogens (tertiary/aromatic N) is 9. The van der Waals surface area contributed by atoms with E-state index in [1.54, 1.807) is 11.9 Å². The lowest BCUT2D eigenvalue weighted by molar-refractivity contribution is -0.142. The first-order valence-corrected chi connectivity index (χ1v) is 13.8. The van der Waals surface area contributed by atoms with Gasteiger partial charge < -0.3 is 35.4 Å². The lowest BCUT2D eigenvalue weighted by atomic mass is 9.98. The van der Waals surface area contributed by atoms with E-state index >= 15 is 0 Å². The first kappa shape index (κ1) is 28.7. The van der Waals surface area contributed by atoms with Gasteiger partial charge in [0.05, 0.1) is 31.2 Å². The number of likely N-dealkylation sites (N-methyl/N-ethyl adjacent to an activating group) is 1. The number of alkyl halides is 2. The smallest absolute Gasteiger partial charge is 0.281 e. The summed E-state index contributed by atoms with van der Waals surface area (Å²) in [7, 11) is 1.67. The molecule has 3 fully saturated rings. The standard InChI is InChI=1S/C25H35F2N11O3/c1-35(22(40)16-3-2-4-29-13-16)15-18(39)36-5-7-37(8-6-36)24-32-21(17-14-30-23(28)31-19(17)20(26)27)33-25(34-24)38-9-11-41-12-10-38/h14,16,20,29H,2-13,15H2,1H3,(H2,28,30,31)/t16-/m1/s1. The van der Waals surface area contributed by atoms with Crippen LogP contribution in [-0.2, 0) is 14.3 Å². The summed E-state index contributed by atoms with van der Waals surface area (Å²) < 4.78 is 33.1. The van der Waals surface area contributed by atoms with Gasteiger partial charge in [-0.3, -0.25) is 9.59 Å². The summed E-state index contributed by atoms with van der Waals surface area (Å²) in [5.74, 6) is 0.133.